The molecule has 154 valence electrons. The second-order valence-corrected chi connectivity index (χ2v) is 8.41. The first-order valence-electron chi connectivity index (χ1n) is 10.2. The average molecular weight is 395 g/mol. The third-order valence-corrected chi connectivity index (χ3v) is 5.09. The molecule has 1 unspecified atom stereocenters. The fourth-order valence-corrected chi connectivity index (χ4v) is 3.61. The standard InChI is InChI=1S/C24H30N2O3/c1-24(2,3)23(28)26-16-9-13-20(26)22(27)25-15-17-29-21-14-8-7-12-19(21)18-10-5-4-6-11-18/h4-8,10-12,14,20H,9,13,15-17H2,1-3H3,(H,25,27). The Morgan fingerprint density at radius 3 is 2.48 bits per heavy atom. The smallest absolute Gasteiger partial charge is 0.242 e. The van der Waals surface area contributed by atoms with Crippen LogP contribution in [0.25, 0.3) is 11.1 Å². The molecule has 0 aromatic heterocycles. The van der Waals surface area contributed by atoms with Gasteiger partial charge in [0.2, 0.25) is 11.8 Å². The zero-order valence-electron chi connectivity index (χ0n) is 17.5. The van der Waals surface area contributed by atoms with E-state index in [1.807, 2.05) is 75.4 Å². The number of hydrogen-bond donors (Lipinski definition) is 1. The second kappa shape index (κ2) is 9.12. The van der Waals surface area contributed by atoms with Crippen molar-refractivity contribution in [2.45, 2.75) is 39.7 Å². The molecule has 1 saturated heterocycles. The van der Waals surface area contributed by atoms with Gasteiger partial charge in [0, 0.05) is 17.5 Å². The van der Waals surface area contributed by atoms with Crippen LogP contribution < -0.4 is 10.1 Å². The molecule has 1 atom stereocenters. The molecule has 1 fully saturated rings. The van der Waals surface area contributed by atoms with Gasteiger partial charge in [0.05, 0.1) is 6.54 Å². The van der Waals surface area contributed by atoms with Crippen molar-refractivity contribution < 1.29 is 14.3 Å². The summed E-state index contributed by atoms with van der Waals surface area (Å²) in [5.41, 5.74) is 1.64. The number of nitrogens with zero attached hydrogens (tertiary/aromatic N) is 1. The molecule has 0 radical (unpaired) electrons. The summed E-state index contributed by atoms with van der Waals surface area (Å²) in [5.74, 6) is 0.724. The van der Waals surface area contributed by atoms with E-state index in [-0.39, 0.29) is 17.9 Å². The van der Waals surface area contributed by atoms with Gasteiger partial charge in [-0.05, 0) is 24.5 Å². The molecule has 29 heavy (non-hydrogen) atoms. The Bertz CT molecular complexity index is 843. The van der Waals surface area contributed by atoms with E-state index in [4.69, 9.17) is 4.74 Å². The van der Waals surface area contributed by atoms with E-state index >= 15 is 0 Å². The van der Waals surface area contributed by atoms with Crippen molar-refractivity contribution in [2.24, 2.45) is 5.41 Å². The number of hydrogen-bond acceptors (Lipinski definition) is 3. The van der Waals surface area contributed by atoms with Crippen LogP contribution in [-0.4, -0.2) is 42.5 Å². The van der Waals surface area contributed by atoms with Crippen LogP contribution in [0.5, 0.6) is 5.75 Å². The minimum Gasteiger partial charge on any atom is -0.491 e. The molecule has 2 aromatic rings. The highest BCUT2D eigenvalue weighted by Gasteiger charge is 2.38. The molecular formula is C24H30N2O3. The number of nitrogens with one attached hydrogen (secondary N) is 1. The summed E-state index contributed by atoms with van der Waals surface area (Å²) in [7, 11) is 0. The van der Waals surface area contributed by atoms with E-state index < -0.39 is 5.41 Å². The van der Waals surface area contributed by atoms with Gasteiger partial charge in [-0.15, -0.1) is 0 Å². The normalized spacial score (nSPS) is 16.5. The minimum absolute atomic E-state index is 0.0307. The fraction of sp³-hybridized carbons (Fsp3) is 0.417. The maximum Gasteiger partial charge on any atom is 0.242 e. The van der Waals surface area contributed by atoms with Crippen LogP contribution in [0, 0.1) is 5.41 Å². The lowest BCUT2D eigenvalue weighted by molar-refractivity contribution is -0.144. The van der Waals surface area contributed by atoms with Crippen molar-refractivity contribution >= 4 is 11.8 Å². The van der Waals surface area contributed by atoms with E-state index in [0.717, 1.165) is 23.3 Å². The predicted molar refractivity (Wildman–Crippen MR) is 115 cm³/mol. The quantitative estimate of drug-likeness (QED) is 0.757. The Labute approximate surface area is 173 Å². The lowest BCUT2D eigenvalue weighted by atomic mass is 9.94. The van der Waals surface area contributed by atoms with Crippen molar-refractivity contribution in [3.8, 4) is 16.9 Å². The topological polar surface area (TPSA) is 58.6 Å². The van der Waals surface area contributed by atoms with Crippen molar-refractivity contribution in [3.63, 3.8) is 0 Å². The fourth-order valence-electron chi connectivity index (χ4n) is 3.61. The van der Waals surface area contributed by atoms with E-state index in [0.29, 0.717) is 26.1 Å². The minimum atomic E-state index is -0.479. The first-order valence-corrected chi connectivity index (χ1v) is 10.2. The Kier molecular flexibility index (Phi) is 6.57. The van der Waals surface area contributed by atoms with Gasteiger partial charge in [-0.3, -0.25) is 9.59 Å². The number of carbonyl (C=O) groups excluding carboxylic acids is 2. The Hall–Kier alpha value is -2.82. The SMILES string of the molecule is CC(C)(C)C(=O)N1CCCC1C(=O)NCCOc1ccccc1-c1ccccc1. The number of benzene rings is 2. The highest BCUT2D eigenvalue weighted by Crippen LogP contribution is 2.29. The highest BCUT2D eigenvalue weighted by molar-refractivity contribution is 5.90. The largest absolute Gasteiger partial charge is 0.491 e. The predicted octanol–water partition coefficient (Wildman–Crippen LogP) is 3.89. The summed E-state index contributed by atoms with van der Waals surface area (Å²) in [5, 5.41) is 2.93. The van der Waals surface area contributed by atoms with E-state index in [1.165, 1.54) is 0 Å². The zero-order chi connectivity index (χ0) is 20.9. The van der Waals surface area contributed by atoms with E-state index in [1.54, 1.807) is 4.90 Å². The Balaban J connectivity index is 1.54. The van der Waals surface area contributed by atoms with Crippen LogP contribution in [0.2, 0.25) is 0 Å². The summed E-state index contributed by atoms with van der Waals surface area (Å²) in [6.07, 6.45) is 1.58. The van der Waals surface area contributed by atoms with Crippen LogP contribution >= 0.6 is 0 Å². The van der Waals surface area contributed by atoms with Gasteiger partial charge >= 0.3 is 0 Å². The van der Waals surface area contributed by atoms with Gasteiger partial charge in [-0.1, -0.05) is 69.3 Å². The van der Waals surface area contributed by atoms with Crippen LogP contribution in [0.4, 0.5) is 0 Å². The number of para-hydroxylation sites is 1. The second-order valence-electron chi connectivity index (χ2n) is 8.41. The molecule has 0 spiro atoms. The highest BCUT2D eigenvalue weighted by atomic mass is 16.5. The number of carbonyl (C=O) groups is 2. The number of ether oxygens (including phenoxy) is 1. The zero-order valence-corrected chi connectivity index (χ0v) is 17.5. The number of amides is 2. The molecule has 0 saturated carbocycles. The molecule has 1 aliphatic heterocycles. The monoisotopic (exact) mass is 394 g/mol. The van der Waals surface area contributed by atoms with Gasteiger partial charge in [0.15, 0.2) is 0 Å². The molecule has 5 heteroatoms. The number of likely N-dealkylation sites (tertiary alicyclic amines) is 1. The lowest BCUT2D eigenvalue weighted by Gasteiger charge is -2.30. The summed E-state index contributed by atoms with van der Waals surface area (Å²) in [6.45, 7) is 7.09. The van der Waals surface area contributed by atoms with Crippen LogP contribution in [0.1, 0.15) is 33.6 Å². The Morgan fingerprint density at radius 2 is 1.76 bits per heavy atom. The first-order chi connectivity index (χ1) is 13.9. The van der Waals surface area contributed by atoms with Crippen LogP contribution in [0.15, 0.2) is 54.6 Å². The van der Waals surface area contributed by atoms with E-state index in [2.05, 4.69) is 5.32 Å². The lowest BCUT2D eigenvalue weighted by Crippen LogP contribution is -2.49. The van der Waals surface area contributed by atoms with Gasteiger partial charge < -0.3 is 15.0 Å². The van der Waals surface area contributed by atoms with Gasteiger partial charge in [0.25, 0.3) is 0 Å². The first kappa shape index (κ1) is 20.9. The Morgan fingerprint density at radius 1 is 1.07 bits per heavy atom. The molecule has 1 N–H and O–H groups in total. The molecule has 2 aromatic carbocycles. The average Bonchev–Trinajstić information content (AvgIpc) is 3.20. The molecule has 1 heterocycles. The molecule has 3 rings (SSSR count). The van der Waals surface area contributed by atoms with Gasteiger partial charge in [0.1, 0.15) is 18.4 Å². The molecule has 5 nitrogen and oxygen atoms in total. The molecule has 2 amide bonds. The molecule has 0 bridgehead atoms. The van der Waals surface area contributed by atoms with Crippen molar-refractivity contribution in [1.29, 1.82) is 0 Å². The van der Waals surface area contributed by atoms with Crippen LogP contribution in [-0.2, 0) is 9.59 Å². The molecule has 0 aliphatic carbocycles. The maximum absolute atomic E-state index is 12.6. The summed E-state index contributed by atoms with van der Waals surface area (Å²) < 4.78 is 5.94. The summed E-state index contributed by atoms with van der Waals surface area (Å²) >= 11 is 0. The van der Waals surface area contributed by atoms with Gasteiger partial charge in [-0.25, -0.2) is 0 Å². The van der Waals surface area contributed by atoms with Crippen molar-refractivity contribution in [1.82, 2.24) is 10.2 Å². The summed E-state index contributed by atoms with van der Waals surface area (Å²) in [4.78, 5) is 26.9. The maximum atomic E-state index is 12.6. The molecule has 1 aliphatic rings. The number of rotatable bonds is 6. The van der Waals surface area contributed by atoms with Crippen molar-refractivity contribution in [2.75, 3.05) is 19.7 Å². The van der Waals surface area contributed by atoms with E-state index in [9.17, 15) is 9.59 Å². The summed E-state index contributed by atoms with van der Waals surface area (Å²) in [6, 6.07) is 17.6. The van der Waals surface area contributed by atoms with Crippen LogP contribution in [0.3, 0.4) is 0 Å². The third-order valence-electron chi connectivity index (χ3n) is 5.09. The third kappa shape index (κ3) is 5.17. The van der Waals surface area contributed by atoms with Crippen molar-refractivity contribution in [3.05, 3.63) is 54.6 Å². The molecular weight excluding hydrogens is 364 g/mol. The van der Waals surface area contributed by atoms with Gasteiger partial charge in [-0.2, -0.15) is 0 Å².